The van der Waals surface area contributed by atoms with Crippen LogP contribution in [-0.2, 0) is 14.8 Å². The molecule has 8 heteroatoms. The van der Waals surface area contributed by atoms with Gasteiger partial charge in [0.2, 0.25) is 15.8 Å². The number of benzene rings is 1. The molecular formula is C20H23N2O4SSi. The number of pyridine rings is 1. The minimum Gasteiger partial charge on any atom is -0.366 e. The van der Waals surface area contributed by atoms with Crippen LogP contribution in [0, 0.1) is 0 Å². The summed E-state index contributed by atoms with van der Waals surface area (Å²) < 4.78 is 33.1. The van der Waals surface area contributed by atoms with Gasteiger partial charge in [0.05, 0.1) is 21.2 Å². The highest BCUT2D eigenvalue weighted by atomic mass is 32.2. The summed E-state index contributed by atoms with van der Waals surface area (Å²) in [6.45, 7) is 2.77. The van der Waals surface area contributed by atoms with Crippen LogP contribution < -0.4 is 5.19 Å². The van der Waals surface area contributed by atoms with Gasteiger partial charge in [-0.1, -0.05) is 23.7 Å². The second-order valence-electron chi connectivity index (χ2n) is 6.81. The summed E-state index contributed by atoms with van der Waals surface area (Å²) in [7, 11) is -0.0123. The van der Waals surface area contributed by atoms with Crippen molar-refractivity contribution < 1.29 is 17.9 Å². The predicted octanol–water partition coefficient (Wildman–Crippen LogP) is 2.01. The van der Waals surface area contributed by atoms with Crippen molar-refractivity contribution in [2.24, 2.45) is 0 Å². The molecular weight excluding hydrogens is 392 g/mol. The molecule has 1 aromatic carbocycles. The van der Waals surface area contributed by atoms with E-state index in [-0.39, 0.29) is 17.3 Å². The summed E-state index contributed by atoms with van der Waals surface area (Å²) in [5.41, 5.74) is 1.03. The van der Waals surface area contributed by atoms with Crippen LogP contribution in [0.4, 0.5) is 0 Å². The molecule has 1 aliphatic rings. The summed E-state index contributed by atoms with van der Waals surface area (Å²) in [5, 5.41) is 0.732. The Kier molecular flexibility index (Phi) is 6.76. The zero-order chi connectivity index (χ0) is 20.1. The first-order chi connectivity index (χ1) is 13.4. The van der Waals surface area contributed by atoms with E-state index >= 15 is 0 Å². The van der Waals surface area contributed by atoms with Crippen molar-refractivity contribution in [3.63, 3.8) is 0 Å². The van der Waals surface area contributed by atoms with Crippen LogP contribution in [0.15, 0.2) is 47.5 Å². The fourth-order valence-corrected chi connectivity index (χ4v) is 5.10. The van der Waals surface area contributed by atoms with Crippen molar-refractivity contribution in [1.82, 2.24) is 9.29 Å². The summed E-state index contributed by atoms with van der Waals surface area (Å²) in [4.78, 5) is 16.5. The molecule has 1 aliphatic heterocycles. The van der Waals surface area contributed by atoms with Crippen LogP contribution in [0.5, 0.6) is 0 Å². The maximum absolute atomic E-state index is 12.9. The third kappa shape index (κ3) is 4.75. The van der Waals surface area contributed by atoms with Crippen molar-refractivity contribution in [2.75, 3.05) is 19.7 Å². The largest absolute Gasteiger partial charge is 0.366 e. The lowest BCUT2D eigenvalue weighted by Gasteiger charge is -2.26. The van der Waals surface area contributed by atoms with E-state index in [1.807, 2.05) is 0 Å². The minimum atomic E-state index is -3.53. The number of ether oxygens (including phenoxy) is 1. The van der Waals surface area contributed by atoms with E-state index in [2.05, 4.69) is 15.2 Å². The summed E-state index contributed by atoms with van der Waals surface area (Å²) in [5.74, 6) is -0.222. The molecule has 1 aromatic heterocycles. The second-order valence-corrected chi connectivity index (χ2v) is 9.28. The molecule has 0 bridgehead atoms. The molecule has 0 N–H and O–H groups in total. The standard InChI is InChI=1S/C20H23N2O4SSi/c1-15(26-14-19(23)18-7-3-4-10-21-18)17-13-16(8-9-20(17)28)27(24,25)22-11-5-2-6-12-22/h3-4,7-10,13,15H,2,5-6,11-12,14H2,1H3. The van der Waals surface area contributed by atoms with Gasteiger partial charge in [-0.25, -0.2) is 8.42 Å². The fraction of sp³-hybridized carbons (Fsp3) is 0.400. The lowest BCUT2D eigenvalue weighted by Crippen LogP contribution is -2.36. The second kappa shape index (κ2) is 9.08. The van der Waals surface area contributed by atoms with E-state index < -0.39 is 16.1 Å². The number of hydrogen-bond donors (Lipinski definition) is 0. The van der Waals surface area contributed by atoms with Gasteiger partial charge in [-0.15, -0.1) is 0 Å². The van der Waals surface area contributed by atoms with Crippen LogP contribution in [-0.4, -0.2) is 53.4 Å². The molecule has 1 saturated heterocycles. The number of rotatable bonds is 7. The Balaban J connectivity index is 1.74. The summed E-state index contributed by atoms with van der Waals surface area (Å²) in [6, 6.07) is 10.1. The van der Waals surface area contributed by atoms with Gasteiger partial charge in [-0.05, 0) is 49.6 Å². The monoisotopic (exact) mass is 415 g/mol. The number of nitrogens with zero attached hydrogens (tertiary/aromatic N) is 2. The Bertz CT molecular complexity index is 928. The van der Waals surface area contributed by atoms with E-state index in [9.17, 15) is 13.2 Å². The molecule has 3 radical (unpaired) electrons. The van der Waals surface area contributed by atoms with E-state index in [0.29, 0.717) is 24.3 Å². The Hall–Kier alpha value is -1.87. The smallest absolute Gasteiger partial charge is 0.243 e. The van der Waals surface area contributed by atoms with Crippen LogP contribution in [0.25, 0.3) is 0 Å². The van der Waals surface area contributed by atoms with Crippen molar-refractivity contribution in [3.05, 3.63) is 53.9 Å². The molecule has 0 amide bonds. The van der Waals surface area contributed by atoms with Gasteiger partial charge in [0, 0.05) is 19.3 Å². The number of ketones is 1. The van der Waals surface area contributed by atoms with Gasteiger partial charge in [0.15, 0.2) is 0 Å². The number of sulfonamides is 1. The van der Waals surface area contributed by atoms with Gasteiger partial charge in [0.1, 0.15) is 12.3 Å². The molecule has 0 saturated carbocycles. The maximum Gasteiger partial charge on any atom is 0.243 e. The highest BCUT2D eigenvalue weighted by Gasteiger charge is 2.27. The van der Waals surface area contributed by atoms with Crippen molar-refractivity contribution in [1.29, 1.82) is 0 Å². The molecule has 3 rings (SSSR count). The molecule has 1 unspecified atom stereocenters. The van der Waals surface area contributed by atoms with Crippen LogP contribution >= 0.6 is 0 Å². The molecule has 0 aliphatic carbocycles. The zero-order valence-corrected chi connectivity index (χ0v) is 17.6. The third-order valence-corrected chi connectivity index (χ3v) is 7.18. The molecule has 1 fully saturated rings. The number of aromatic nitrogens is 1. The Morgan fingerprint density at radius 1 is 1.21 bits per heavy atom. The van der Waals surface area contributed by atoms with Gasteiger partial charge >= 0.3 is 0 Å². The lowest BCUT2D eigenvalue weighted by atomic mass is 10.1. The molecule has 6 nitrogen and oxygen atoms in total. The van der Waals surface area contributed by atoms with Crippen molar-refractivity contribution >= 4 is 31.2 Å². The number of piperidine rings is 1. The van der Waals surface area contributed by atoms with Crippen LogP contribution in [0.1, 0.15) is 48.3 Å². The van der Waals surface area contributed by atoms with Crippen molar-refractivity contribution in [3.8, 4) is 0 Å². The first-order valence-electron chi connectivity index (χ1n) is 9.31. The molecule has 2 aromatic rings. The van der Waals surface area contributed by atoms with E-state index in [1.165, 1.54) is 0 Å². The molecule has 2 heterocycles. The van der Waals surface area contributed by atoms with E-state index in [1.54, 1.807) is 53.8 Å². The quantitative estimate of drug-likeness (QED) is 0.511. The number of carbonyl (C=O) groups excluding carboxylic acids is 1. The Labute approximate surface area is 169 Å². The fourth-order valence-electron chi connectivity index (χ4n) is 3.18. The topological polar surface area (TPSA) is 76.6 Å². The molecule has 1 atom stereocenters. The molecule has 147 valence electrons. The van der Waals surface area contributed by atoms with Gasteiger partial charge in [-0.3, -0.25) is 9.78 Å². The van der Waals surface area contributed by atoms with Crippen molar-refractivity contribution in [2.45, 2.75) is 37.2 Å². The van der Waals surface area contributed by atoms with Gasteiger partial charge in [-0.2, -0.15) is 4.31 Å². The maximum atomic E-state index is 12.9. The predicted molar refractivity (Wildman–Crippen MR) is 107 cm³/mol. The number of Topliss-reactive ketones (excluding diaryl/α,β-unsaturated/α-hetero) is 1. The third-order valence-electron chi connectivity index (χ3n) is 4.83. The number of carbonyl (C=O) groups is 1. The van der Waals surface area contributed by atoms with Gasteiger partial charge in [0.25, 0.3) is 0 Å². The summed E-state index contributed by atoms with van der Waals surface area (Å²) >= 11 is 0. The Morgan fingerprint density at radius 2 is 1.96 bits per heavy atom. The lowest BCUT2D eigenvalue weighted by molar-refractivity contribution is 0.0519. The minimum absolute atomic E-state index is 0.132. The molecule has 28 heavy (non-hydrogen) atoms. The normalized spacial score (nSPS) is 16.6. The summed E-state index contributed by atoms with van der Waals surface area (Å²) in [6.07, 6.45) is 3.93. The van der Waals surface area contributed by atoms with E-state index in [0.717, 1.165) is 24.4 Å². The Morgan fingerprint density at radius 3 is 2.64 bits per heavy atom. The SMILES string of the molecule is CC(OCC(=O)c1ccccn1)c1cc(S(=O)(=O)N2CCCCC2)ccc1[Si]. The van der Waals surface area contributed by atoms with Gasteiger partial charge < -0.3 is 4.74 Å². The average Bonchev–Trinajstić information content (AvgIpc) is 2.73. The van der Waals surface area contributed by atoms with E-state index in [4.69, 9.17) is 4.74 Å². The van der Waals surface area contributed by atoms with Crippen LogP contribution in [0.2, 0.25) is 0 Å². The number of hydrogen-bond acceptors (Lipinski definition) is 5. The van der Waals surface area contributed by atoms with Crippen LogP contribution in [0.3, 0.4) is 0 Å². The zero-order valence-electron chi connectivity index (χ0n) is 15.8. The first kappa shape index (κ1) is 20.9. The average molecular weight is 416 g/mol. The first-order valence-corrected chi connectivity index (χ1v) is 11.2. The highest BCUT2D eigenvalue weighted by molar-refractivity contribution is 7.89. The molecule has 0 spiro atoms. The highest BCUT2D eigenvalue weighted by Crippen LogP contribution is 2.23.